The zero-order chi connectivity index (χ0) is 8.81. The molecule has 0 saturated heterocycles. The van der Waals surface area contributed by atoms with E-state index in [1.807, 2.05) is 12.1 Å². The molecule has 62 valence electrons. The zero-order valence-electron chi connectivity index (χ0n) is 7.04. The van der Waals surface area contributed by atoms with Crippen LogP contribution in [0.15, 0.2) is 18.3 Å². The number of aryl methyl sites for hydroxylation is 1. The fourth-order valence-corrected chi connectivity index (χ4v) is 0.838. The molecule has 0 aromatic carbocycles. The maximum atomic E-state index is 8.43. The van der Waals surface area contributed by atoms with Gasteiger partial charge in [0.2, 0.25) is 0 Å². The van der Waals surface area contributed by atoms with E-state index in [-0.39, 0.29) is 6.61 Å². The summed E-state index contributed by atoms with van der Waals surface area (Å²) in [6.45, 7) is 1.97. The van der Waals surface area contributed by atoms with Gasteiger partial charge >= 0.3 is 0 Å². The molecule has 12 heavy (non-hydrogen) atoms. The van der Waals surface area contributed by atoms with Crippen LogP contribution in [0.3, 0.4) is 0 Å². The second-order valence-electron chi connectivity index (χ2n) is 2.37. The molecule has 1 aromatic rings. The number of hydrogen-bond acceptors (Lipinski definition) is 2. The Hall–Kier alpha value is -1.33. The van der Waals surface area contributed by atoms with E-state index in [4.69, 9.17) is 5.11 Å². The Labute approximate surface area is 72.3 Å². The maximum absolute atomic E-state index is 8.43. The minimum Gasteiger partial charge on any atom is -0.384 e. The van der Waals surface area contributed by atoms with Gasteiger partial charge in [-0.3, -0.25) is 0 Å². The number of nitrogens with zero attached hydrogens (tertiary/aromatic N) is 1. The molecule has 1 aromatic heterocycles. The highest BCUT2D eigenvalue weighted by atomic mass is 16.2. The van der Waals surface area contributed by atoms with Crippen molar-refractivity contribution < 1.29 is 5.11 Å². The third-order valence-electron chi connectivity index (χ3n) is 1.53. The Balaban J connectivity index is 2.78. The number of rotatable bonds is 1. The Kier molecular flexibility index (Phi) is 3.31. The van der Waals surface area contributed by atoms with Crippen molar-refractivity contribution in [2.75, 3.05) is 6.61 Å². The average molecular weight is 161 g/mol. The Bertz CT molecular complexity index is 292. The Morgan fingerprint density at radius 3 is 2.83 bits per heavy atom. The number of aliphatic hydroxyl groups is 1. The van der Waals surface area contributed by atoms with Gasteiger partial charge in [-0.2, -0.15) is 0 Å². The molecule has 0 saturated carbocycles. The monoisotopic (exact) mass is 161 g/mol. The molecule has 0 bridgehead atoms. The molecule has 0 unspecified atom stereocenters. The van der Waals surface area contributed by atoms with Crippen LogP contribution < -0.4 is 0 Å². The van der Waals surface area contributed by atoms with Crippen LogP contribution in [0.5, 0.6) is 0 Å². The first-order chi connectivity index (χ1) is 5.86. The lowest BCUT2D eigenvalue weighted by atomic mass is 10.2. The lowest BCUT2D eigenvalue weighted by Crippen LogP contribution is -1.86. The highest BCUT2D eigenvalue weighted by molar-refractivity contribution is 5.28. The lowest BCUT2D eigenvalue weighted by Gasteiger charge is -1.93. The van der Waals surface area contributed by atoms with E-state index in [1.165, 1.54) is 5.56 Å². The van der Waals surface area contributed by atoms with Gasteiger partial charge in [0.05, 0.1) is 0 Å². The molecule has 1 N–H and O–H groups in total. The average Bonchev–Trinajstić information content (AvgIpc) is 2.15. The van der Waals surface area contributed by atoms with Gasteiger partial charge in [0.25, 0.3) is 0 Å². The Morgan fingerprint density at radius 1 is 1.50 bits per heavy atom. The third kappa shape index (κ3) is 2.37. The smallest absolute Gasteiger partial charge is 0.113 e. The van der Waals surface area contributed by atoms with Gasteiger partial charge in [0.15, 0.2) is 0 Å². The first-order valence-corrected chi connectivity index (χ1v) is 3.91. The van der Waals surface area contributed by atoms with E-state index in [0.717, 1.165) is 6.42 Å². The van der Waals surface area contributed by atoms with Crippen LogP contribution in [0.2, 0.25) is 0 Å². The molecule has 0 radical (unpaired) electrons. The second kappa shape index (κ2) is 4.53. The fourth-order valence-electron chi connectivity index (χ4n) is 0.838. The van der Waals surface area contributed by atoms with Crippen LogP contribution in [0.4, 0.5) is 0 Å². The summed E-state index contributed by atoms with van der Waals surface area (Å²) in [7, 11) is 0. The van der Waals surface area contributed by atoms with Crippen molar-refractivity contribution in [2.45, 2.75) is 13.3 Å². The molecular formula is C10H11NO. The van der Waals surface area contributed by atoms with Crippen LogP contribution >= 0.6 is 0 Å². The number of pyridine rings is 1. The summed E-state index contributed by atoms with van der Waals surface area (Å²) in [5.74, 6) is 5.28. The fraction of sp³-hybridized carbons (Fsp3) is 0.300. The van der Waals surface area contributed by atoms with Gasteiger partial charge in [-0.15, -0.1) is 0 Å². The topological polar surface area (TPSA) is 33.1 Å². The minimum atomic E-state index is -0.114. The minimum absolute atomic E-state index is 0.114. The molecule has 2 nitrogen and oxygen atoms in total. The van der Waals surface area contributed by atoms with Crippen LogP contribution in [-0.4, -0.2) is 16.7 Å². The molecule has 1 heterocycles. The predicted molar refractivity (Wildman–Crippen MR) is 47.6 cm³/mol. The van der Waals surface area contributed by atoms with E-state index >= 15 is 0 Å². The van der Waals surface area contributed by atoms with E-state index in [9.17, 15) is 0 Å². The van der Waals surface area contributed by atoms with Crippen molar-refractivity contribution in [1.82, 2.24) is 4.98 Å². The van der Waals surface area contributed by atoms with Crippen molar-refractivity contribution in [3.63, 3.8) is 0 Å². The second-order valence-corrected chi connectivity index (χ2v) is 2.37. The molecule has 1 rings (SSSR count). The molecule has 0 spiro atoms. The van der Waals surface area contributed by atoms with Gasteiger partial charge in [0.1, 0.15) is 12.3 Å². The van der Waals surface area contributed by atoms with Gasteiger partial charge in [-0.25, -0.2) is 4.98 Å². The molecule has 0 aliphatic carbocycles. The molecule has 0 aliphatic rings. The highest BCUT2D eigenvalue weighted by Crippen LogP contribution is 1.99. The van der Waals surface area contributed by atoms with E-state index in [1.54, 1.807) is 6.20 Å². The van der Waals surface area contributed by atoms with Crippen molar-refractivity contribution in [2.24, 2.45) is 0 Å². The summed E-state index contributed by atoms with van der Waals surface area (Å²) in [6.07, 6.45) is 2.79. The summed E-state index contributed by atoms with van der Waals surface area (Å²) in [4.78, 5) is 4.10. The molecule has 0 fully saturated rings. The van der Waals surface area contributed by atoms with E-state index in [2.05, 4.69) is 23.7 Å². The number of aromatic nitrogens is 1. The van der Waals surface area contributed by atoms with Crippen LogP contribution in [0.25, 0.3) is 0 Å². The van der Waals surface area contributed by atoms with Crippen molar-refractivity contribution in [1.29, 1.82) is 0 Å². The summed E-state index contributed by atoms with van der Waals surface area (Å²) < 4.78 is 0. The number of hydrogen-bond donors (Lipinski definition) is 1. The first kappa shape index (κ1) is 8.76. The third-order valence-corrected chi connectivity index (χ3v) is 1.53. The summed E-state index contributed by atoms with van der Waals surface area (Å²) in [5.41, 5.74) is 1.91. The van der Waals surface area contributed by atoms with E-state index in [0.29, 0.717) is 5.69 Å². The van der Waals surface area contributed by atoms with Gasteiger partial charge in [-0.1, -0.05) is 18.9 Å². The van der Waals surface area contributed by atoms with Crippen LogP contribution in [-0.2, 0) is 6.42 Å². The summed E-state index contributed by atoms with van der Waals surface area (Å²) in [5, 5.41) is 8.43. The molecular weight excluding hydrogens is 150 g/mol. The molecule has 0 aliphatic heterocycles. The zero-order valence-corrected chi connectivity index (χ0v) is 7.04. The summed E-state index contributed by atoms with van der Waals surface area (Å²) >= 11 is 0. The first-order valence-electron chi connectivity index (χ1n) is 3.91. The largest absolute Gasteiger partial charge is 0.384 e. The number of aliphatic hydroxyl groups excluding tert-OH is 1. The van der Waals surface area contributed by atoms with Crippen molar-refractivity contribution >= 4 is 0 Å². The van der Waals surface area contributed by atoms with Crippen molar-refractivity contribution in [3.05, 3.63) is 29.6 Å². The Morgan fingerprint density at radius 2 is 2.33 bits per heavy atom. The van der Waals surface area contributed by atoms with Gasteiger partial charge < -0.3 is 5.11 Å². The standard InChI is InChI=1S/C10H11NO/c1-2-9-5-6-10(11-8-9)4-3-7-12/h5-6,8,12H,2,7H2,1H3. The summed E-state index contributed by atoms with van der Waals surface area (Å²) in [6, 6.07) is 3.86. The normalized spacial score (nSPS) is 8.83. The molecule has 0 atom stereocenters. The van der Waals surface area contributed by atoms with Crippen LogP contribution in [0, 0.1) is 11.8 Å². The quantitative estimate of drug-likeness (QED) is 0.623. The van der Waals surface area contributed by atoms with E-state index < -0.39 is 0 Å². The van der Waals surface area contributed by atoms with Gasteiger partial charge in [0, 0.05) is 6.20 Å². The van der Waals surface area contributed by atoms with Crippen molar-refractivity contribution in [3.8, 4) is 11.8 Å². The predicted octanol–water partition coefficient (Wildman–Crippen LogP) is 0.988. The maximum Gasteiger partial charge on any atom is 0.113 e. The molecule has 0 amide bonds. The lowest BCUT2D eigenvalue weighted by molar-refractivity contribution is 0.350. The highest BCUT2D eigenvalue weighted by Gasteiger charge is 1.89. The molecule has 2 heteroatoms. The SMILES string of the molecule is CCc1ccc(C#CCO)nc1. The van der Waals surface area contributed by atoms with Crippen LogP contribution in [0.1, 0.15) is 18.2 Å². The van der Waals surface area contributed by atoms with Gasteiger partial charge in [-0.05, 0) is 24.0 Å².